The normalized spacial score (nSPS) is 12.5. The summed E-state index contributed by atoms with van der Waals surface area (Å²) in [5, 5.41) is 22.5. The highest BCUT2D eigenvalue weighted by Crippen LogP contribution is 2.42. The van der Waals surface area contributed by atoms with Gasteiger partial charge in [0.15, 0.2) is 0 Å². The SMILES string of the molecule is O=S(=O)(O)c1ccccc1-c1c2ccc(=NCCO)cc-2oc2cc(NCCO)ccc12. The maximum absolute atomic E-state index is 12.1. The van der Waals surface area contributed by atoms with Crippen LogP contribution in [-0.2, 0) is 10.1 Å². The molecule has 0 aromatic heterocycles. The standard InChI is InChI=1S/C23H22N2O6S/c26-11-9-24-15-5-7-17-20(13-15)31-21-14-16(25-10-12-27)6-8-18(21)23(17)19-3-1-2-4-22(19)32(28,29)30/h1-8,13-14,24,26-27H,9-12H2,(H,28,29,30). The van der Waals surface area contributed by atoms with Crippen LogP contribution in [0.15, 0.2) is 75.0 Å². The Bertz CT molecular complexity index is 1410. The lowest BCUT2D eigenvalue weighted by Gasteiger charge is -2.17. The molecule has 4 N–H and O–H groups in total. The molecule has 0 saturated carbocycles. The Labute approximate surface area is 184 Å². The fraction of sp³-hybridized carbons (Fsp3) is 0.174. The van der Waals surface area contributed by atoms with Crippen molar-refractivity contribution in [1.82, 2.24) is 0 Å². The molecule has 0 saturated heterocycles. The summed E-state index contributed by atoms with van der Waals surface area (Å²) < 4.78 is 40.2. The number of rotatable bonds is 7. The van der Waals surface area contributed by atoms with Gasteiger partial charge in [-0.1, -0.05) is 18.2 Å². The van der Waals surface area contributed by atoms with Gasteiger partial charge < -0.3 is 19.9 Å². The minimum atomic E-state index is -4.48. The van der Waals surface area contributed by atoms with Crippen molar-refractivity contribution in [3.05, 3.63) is 66.0 Å². The highest BCUT2D eigenvalue weighted by molar-refractivity contribution is 7.86. The molecule has 1 aliphatic carbocycles. The van der Waals surface area contributed by atoms with Crippen LogP contribution in [0.2, 0.25) is 0 Å². The number of aliphatic hydroxyl groups excluding tert-OH is 2. The topological polar surface area (TPSA) is 132 Å². The Morgan fingerprint density at radius 2 is 1.75 bits per heavy atom. The second kappa shape index (κ2) is 9.09. The molecule has 2 aromatic rings. The maximum Gasteiger partial charge on any atom is 0.295 e. The van der Waals surface area contributed by atoms with Crippen LogP contribution in [0.4, 0.5) is 5.69 Å². The minimum Gasteiger partial charge on any atom is -0.456 e. The van der Waals surface area contributed by atoms with Gasteiger partial charge in [-0.3, -0.25) is 9.55 Å². The summed E-state index contributed by atoms with van der Waals surface area (Å²) in [6.07, 6.45) is 0. The summed E-state index contributed by atoms with van der Waals surface area (Å²) in [5.41, 5.74) is 2.80. The molecule has 0 atom stereocenters. The summed E-state index contributed by atoms with van der Waals surface area (Å²) in [6, 6.07) is 16.9. The average Bonchev–Trinajstić information content (AvgIpc) is 2.79. The molecule has 32 heavy (non-hydrogen) atoms. The summed E-state index contributed by atoms with van der Waals surface area (Å²) in [7, 11) is -4.48. The zero-order valence-electron chi connectivity index (χ0n) is 17.0. The number of hydrogen-bond acceptors (Lipinski definition) is 7. The van der Waals surface area contributed by atoms with Crippen molar-refractivity contribution in [3.63, 3.8) is 0 Å². The highest BCUT2D eigenvalue weighted by Gasteiger charge is 2.23. The van der Waals surface area contributed by atoms with Gasteiger partial charge in [0.05, 0.1) is 25.1 Å². The van der Waals surface area contributed by atoms with Crippen molar-refractivity contribution in [2.75, 3.05) is 31.6 Å². The van der Waals surface area contributed by atoms with Crippen molar-refractivity contribution < 1.29 is 27.6 Å². The molecule has 4 rings (SSSR count). The molecule has 0 fully saturated rings. The molecule has 0 radical (unpaired) electrons. The molecular formula is C23H22N2O6S. The molecule has 166 valence electrons. The quantitative estimate of drug-likeness (QED) is 0.249. The molecular weight excluding hydrogens is 432 g/mol. The van der Waals surface area contributed by atoms with Crippen LogP contribution in [-0.4, -0.2) is 49.5 Å². The lowest BCUT2D eigenvalue weighted by Crippen LogP contribution is -2.07. The Balaban J connectivity index is 2.08. The second-order valence-electron chi connectivity index (χ2n) is 7.10. The number of anilines is 1. The largest absolute Gasteiger partial charge is 0.456 e. The average molecular weight is 455 g/mol. The van der Waals surface area contributed by atoms with E-state index in [1.54, 1.807) is 48.5 Å². The zero-order valence-corrected chi connectivity index (χ0v) is 17.8. The molecule has 9 heteroatoms. The van der Waals surface area contributed by atoms with Crippen LogP contribution in [0.25, 0.3) is 33.4 Å². The van der Waals surface area contributed by atoms with E-state index in [1.165, 1.54) is 6.07 Å². The van der Waals surface area contributed by atoms with E-state index in [-0.39, 0.29) is 24.7 Å². The Morgan fingerprint density at radius 3 is 2.50 bits per heavy atom. The third kappa shape index (κ3) is 4.37. The van der Waals surface area contributed by atoms with E-state index in [9.17, 15) is 13.0 Å². The van der Waals surface area contributed by atoms with Gasteiger partial charge in [0.1, 0.15) is 16.2 Å². The highest BCUT2D eigenvalue weighted by atomic mass is 32.2. The first kappa shape index (κ1) is 22.0. The van der Waals surface area contributed by atoms with Gasteiger partial charge in [0.25, 0.3) is 10.1 Å². The fourth-order valence-corrected chi connectivity index (χ4v) is 4.35. The monoisotopic (exact) mass is 454 g/mol. The van der Waals surface area contributed by atoms with Crippen LogP contribution in [0.5, 0.6) is 0 Å². The van der Waals surface area contributed by atoms with Crippen molar-refractivity contribution in [2.24, 2.45) is 4.99 Å². The molecule has 8 nitrogen and oxygen atoms in total. The third-order valence-electron chi connectivity index (χ3n) is 4.98. The summed E-state index contributed by atoms with van der Waals surface area (Å²) in [6.45, 7) is 0.490. The first-order valence-electron chi connectivity index (χ1n) is 9.96. The first-order chi connectivity index (χ1) is 15.4. The van der Waals surface area contributed by atoms with Crippen LogP contribution in [0.1, 0.15) is 0 Å². The molecule has 0 bridgehead atoms. The summed E-state index contributed by atoms with van der Waals surface area (Å²) in [5.74, 6) is 0.469. The predicted molar refractivity (Wildman–Crippen MR) is 121 cm³/mol. The van der Waals surface area contributed by atoms with E-state index in [0.29, 0.717) is 45.3 Å². The van der Waals surface area contributed by atoms with E-state index >= 15 is 0 Å². The van der Waals surface area contributed by atoms with E-state index in [1.807, 2.05) is 6.07 Å². The van der Waals surface area contributed by atoms with Gasteiger partial charge in [0.2, 0.25) is 0 Å². The Morgan fingerprint density at radius 1 is 0.938 bits per heavy atom. The third-order valence-corrected chi connectivity index (χ3v) is 5.89. The van der Waals surface area contributed by atoms with Gasteiger partial charge in [-0.25, -0.2) is 0 Å². The van der Waals surface area contributed by atoms with Gasteiger partial charge in [-0.05, 0) is 30.3 Å². The second-order valence-corrected chi connectivity index (χ2v) is 8.49. The lowest BCUT2D eigenvalue weighted by molar-refractivity contribution is 0.305. The maximum atomic E-state index is 12.1. The van der Waals surface area contributed by atoms with Crippen LogP contribution < -0.4 is 10.7 Å². The number of aliphatic hydroxyl groups is 2. The van der Waals surface area contributed by atoms with Gasteiger partial charge >= 0.3 is 0 Å². The molecule has 0 unspecified atom stereocenters. The van der Waals surface area contributed by atoms with Gasteiger partial charge in [-0.2, -0.15) is 8.42 Å². The molecule has 0 amide bonds. The van der Waals surface area contributed by atoms with E-state index in [4.69, 9.17) is 14.6 Å². The molecule has 1 heterocycles. The summed E-state index contributed by atoms with van der Waals surface area (Å²) in [4.78, 5) is 4.08. The van der Waals surface area contributed by atoms with Crippen LogP contribution >= 0.6 is 0 Å². The van der Waals surface area contributed by atoms with Crippen molar-refractivity contribution in [1.29, 1.82) is 0 Å². The minimum absolute atomic E-state index is 0.0321. The van der Waals surface area contributed by atoms with Crippen molar-refractivity contribution in [2.45, 2.75) is 4.90 Å². The molecule has 2 aromatic carbocycles. The van der Waals surface area contributed by atoms with Crippen molar-refractivity contribution >= 4 is 26.8 Å². The Hall–Kier alpha value is -3.24. The van der Waals surface area contributed by atoms with E-state index in [2.05, 4.69) is 10.3 Å². The van der Waals surface area contributed by atoms with E-state index < -0.39 is 10.1 Å². The smallest absolute Gasteiger partial charge is 0.295 e. The number of hydrogen-bond donors (Lipinski definition) is 4. The van der Waals surface area contributed by atoms with Crippen LogP contribution in [0, 0.1) is 0 Å². The van der Waals surface area contributed by atoms with Gasteiger partial charge in [0, 0.05) is 46.4 Å². The van der Waals surface area contributed by atoms with Crippen LogP contribution in [0.3, 0.4) is 0 Å². The van der Waals surface area contributed by atoms with Crippen molar-refractivity contribution in [3.8, 4) is 22.5 Å². The number of nitrogens with zero attached hydrogens (tertiary/aromatic N) is 1. The lowest BCUT2D eigenvalue weighted by atomic mass is 9.93. The molecule has 1 aliphatic heterocycles. The number of benzene rings is 3. The van der Waals surface area contributed by atoms with Gasteiger partial charge in [-0.15, -0.1) is 0 Å². The predicted octanol–water partition coefficient (Wildman–Crippen LogP) is 2.75. The Kier molecular flexibility index (Phi) is 6.24. The fourth-order valence-electron chi connectivity index (χ4n) is 3.65. The number of nitrogens with one attached hydrogen (secondary N) is 1. The number of fused-ring (bicyclic) bond motifs is 2. The zero-order chi connectivity index (χ0) is 22.7. The molecule has 0 spiro atoms. The van der Waals surface area contributed by atoms with E-state index in [0.717, 1.165) is 5.69 Å². The first-order valence-corrected chi connectivity index (χ1v) is 11.4. The molecule has 2 aliphatic rings. The summed E-state index contributed by atoms with van der Waals surface area (Å²) >= 11 is 0.